The molecule has 0 fully saturated rings. The molecule has 2 N–H and O–H groups in total. The molecule has 0 amide bonds. The summed E-state index contributed by atoms with van der Waals surface area (Å²) in [5, 5.41) is 15.4. The molecule has 0 spiro atoms. The van der Waals surface area contributed by atoms with Gasteiger partial charge in [-0.15, -0.1) is 5.10 Å². The summed E-state index contributed by atoms with van der Waals surface area (Å²) >= 11 is 12.0. The van der Waals surface area contributed by atoms with Gasteiger partial charge in [-0.25, -0.2) is 0 Å². The van der Waals surface area contributed by atoms with Crippen LogP contribution in [-0.4, -0.2) is 15.2 Å². The highest BCUT2D eigenvalue weighted by molar-refractivity contribution is 6.35. The Bertz CT molecular complexity index is 842. The van der Waals surface area contributed by atoms with Crippen LogP contribution in [0.3, 0.4) is 0 Å². The molecule has 3 aromatic rings. The topological polar surface area (TPSA) is 62.7 Å². The predicted molar refractivity (Wildman–Crippen MR) is 98.8 cm³/mol. The van der Waals surface area contributed by atoms with E-state index in [2.05, 4.69) is 25.8 Å². The minimum atomic E-state index is 0.351. The summed E-state index contributed by atoms with van der Waals surface area (Å²) in [6.45, 7) is 4.08. The minimum Gasteiger partial charge on any atom is -0.338 e. The number of hydrogen-bond donors (Lipinski definition) is 2. The first-order valence-corrected chi connectivity index (χ1v) is 8.03. The van der Waals surface area contributed by atoms with Crippen molar-refractivity contribution in [1.29, 1.82) is 0 Å². The molecule has 1 aromatic heterocycles. The van der Waals surface area contributed by atoms with Crippen molar-refractivity contribution in [2.45, 2.75) is 13.8 Å². The van der Waals surface area contributed by atoms with Gasteiger partial charge in [0.25, 0.3) is 0 Å². The normalized spacial score (nSPS) is 10.5. The van der Waals surface area contributed by atoms with Crippen LogP contribution < -0.4 is 10.6 Å². The van der Waals surface area contributed by atoms with Gasteiger partial charge in [-0.1, -0.05) is 41.4 Å². The van der Waals surface area contributed by atoms with Crippen molar-refractivity contribution in [3.63, 3.8) is 0 Å². The van der Waals surface area contributed by atoms with Crippen LogP contribution in [0.5, 0.6) is 0 Å². The number of anilines is 4. The summed E-state index contributed by atoms with van der Waals surface area (Å²) < 4.78 is 0. The molecule has 0 aliphatic carbocycles. The van der Waals surface area contributed by atoms with E-state index in [1.165, 1.54) is 0 Å². The van der Waals surface area contributed by atoms with Crippen LogP contribution in [0.4, 0.5) is 23.1 Å². The first-order chi connectivity index (χ1) is 11.5. The first kappa shape index (κ1) is 16.5. The Labute approximate surface area is 150 Å². The van der Waals surface area contributed by atoms with Gasteiger partial charge in [-0.3, -0.25) is 0 Å². The maximum atomic E-state index is 6.00. The quantitative estimate of drug-likeness (QED) is 0.663. The Morgan fingerprint density at radius 2 is 1.58 bits per heavy atom. The fourth-order valence-electron chi connectivity index (χ4n) is 2.31. The van der Waals surface area contributed by atoms with E-state index in [9.17, 15) is 0 Å². The van der Waals surface area contributed by atoms with Crippen LogP contribution in [0.1, 0.15) is 11.1 Å². The van der Waals surface area contributed by atoms with Crippen molar-refractivity contribution in [1.82, 2.24) is 15.2 Å². The van der Waals surface area contributed by atoms with Gasteiger partial charge in [0.1, 0.15) is 0 Å². The highest BCUT2D eigenvalue weighted by atomic mass is 35.5. The smallest absolute Gasteiger partial charge is 0.249 e. The molecule has 24 heavy (non-hydrogen) atoms. The van der Waals surface area contributed by atoms with Gasteiger partial charge in [0.15, 0.2) is 5.82 Å². The minimum absolute atomic E-state index is 0.351. The van der Waals surface area contributed by atoms with Gasteiger partial charge in [0.2, 0.25) is 5.95 Å². The lowest BCUT2D eigenvalue weighted by atomic mass is 10.1. The number of aryl methyl sites for hydroxylation is 2. The Balaban J connectivity index is 1.84. The second kappa shape index (κ2) is 7.03. The molecule has 0 aliphatic rings. The van der Waals surface area contributed by atoms with E-state index in [-0.39, 0.29) is 0 Å². The Morgan fingerprint density at radius 3 is 2.25 bits per heavy atom. The summed E-state index contributed by atoms with van der Waals surface area (Å²) in [5.74, 6) is 0.947. The summed E-state index contributed by atoms with van der Waals surface area (Å²) in [6.07, 6.45) is 1.57. The maximum absolute atomic E-state index is 6.00. The fourth-order valence-corrected chi connectivity index (χ4v) is 2.84. The first-order valence-electron chi connectivity index (χ1n) is 7.27. The lowest BCUT2D eigenvalue weighted by Gasteiger charge is -2.12. The number of rotatable bonds is 4. The van der Waals surface area contributed by atoms with E-state index >= 15 is 0 Å². The summed E-state index contributed by atoms with van der Waals surface area (Å²) in [5.41, 5.74) is 3.96. The largest absolute Gasteiger partial charge is 0.338 e. The zero-order valence-corrected chi connectivity index (χ0v) is 14.7. The molecular weight excluding hydrogens is 345 g/mol. The average molecular weight is 360 g/mol. The van der Waals surface area contributed by atoms with Crippen molar-refractivity contribution < 1.29 is 0 Å². The lowest BCUT2D eigenvalue weighted by molar-refractivity contribution is 0.982. The molecule has 3 rings (SSSR count). The van der Waals surface area contributed by atoms with Gasteiger partial charge in [0, 0.05) is 21.4 Å². The number of halogens is 2. The van der Waals surface area contributed by atoms with E-state index in [0.29, 0.717) is 27.5 Å². The third kappa shape index (κ3) is 3.93. The van der Waals surface area contributed by atoms with Crippen LogP contribution >= 0.6 is 23.2 Å². The average Bonchev–Trinajstić information content (AvgIpc) is 2.50. The molecule has 0 bridgehead atoms. The maximum Gasteiger partial charge on any atom is 0.249 e. The monoisotopic (exact) mass is 359 g/mol. The van der Waals surface area contributed by atoms with Crippen molar-refractivity contribution in [2.24, 2.45) is 0 Å². The zero-order valence-electron chi connectivity index (χ0n) is 13.1. The summed E-state index contributed by atoms with van der Waals surface area (Å²) in [4.78, 5) is 4.42. The highest BCUT2D eigenvalue weighted by Crippen LogP contribution is 2.25. The molecule has 7 heteroatoms. The highest BCUT2D eigenvalue weighted by Gasteiger charge is 2.06. The van der Waals surface area contributed by atoms with Crippen molar-refractivity contribution in [2.75, 3.05) is 10.6 Å². The lowest BCUT2D eigenvalue weighted by Crippen LogP contribution is -2.04. The summed E-state index contributed by atoms with van der Waals surface area (Å²) in [7, 11) is 0. The Hall–Kier alpha value is -2.37. The molecule has 0 atom stereocenters. The SMILES string of the molecule is Cc1cccc(C)c1Nc1cnnc(Nc2cc(Cl)cc(Cl)c2)n1. The van der Waals surface area contributed by atoms with E-state index in [1.807, 2.05) is 32.0 Å². The third-order valence-electron chi connectivity index (χ3n) is 3.41. The van der Waals surface area contributed by atoms with Gasteiger partial charge >= 0.3 is 0 Å². The molecule has 0 aliphatic heterocycles. The predicted octanol–water partition coefficient (Wildman–Crippen LogP) is 5.28. The van der Waals surface area contributed by atoms with Crippen molar-refractivity contribution in [3.8, 4) is 0 Å². The van der Waals surface area contributed by atoms with E-state index in [4.69, 9.17) is 23.2 Å². The number of benzene rings is 2. The zero-order chi connectivity index (χ0) is 17.1. The number of para-hydroxylation sites is 1. The molecule has 1 heterocycles. The second-order valence-electron chi connectivity index (χ2n) is 5.34. The van der Waals surface area contributed by atoms with Gasteiger partial charge in [0.05, 0.1) is 6.20 Å². The third-order valence-corrected chi connectivity index (χ3v) is 3.85. The molecule has 0 radical (unpaired) electrons. The van der Waals surface area contributed by atoms with Gasteiger partial charge < -0.3 is 10.6 Å². The number of nitrogens with zero attached hydrogens (tertiary/aromatic N) is 3. The standard InChI is InChI=1S/C17H15Cl2N5/c1-10-4-3-5-11(2)16(10)22-15-9-20-24-17(23-15)21-14-7-12(18)6-13(19)8-14/h3-9H,1-2H3,(H2,21,22,23,24). The van der Waals surface area contributed by atoms with Crippen LogP contribution in [0.15, 0.2) is 42.6 Å². The summed E-state index contributed by atoms with van der Waals surface area (Å²) in [6, 6.07) is 11.2. The van der Waals surface area contributed by atoms with Crippen LogP contribution in [0.2, 0.25) is 10.0 Å². The molecule has 5 nitrogen and oxygen atoms in total. The molecule has 2 aromatic carbocycles. The van der Waals surface area contributed by atoms with E-state index in [0.717, 1.165) is 16.8 Å². The van der Waals surface area contributed by atoms with Gasteiger partial charge in [-0.2, -0.15) is 10.1 Å². The van der Waals surface area contributed by atoms with Crippen LogP contribution in [0.25, 0.3) is 0 Å². The second-order valence-corrected chi connectivity index (χ2v) is 6.21. The Kier molecular flexibility index (Phi) is 4.83. The molecule has 0 saturated carbocycles. The Morgan fingerprint density at radius 1 is 0.917 bits per heavy atom. The van der Waals surface area contributed by atoms with E-state index in [1.54, 1.807) is 24.4 Å². The van der Waals surface area contributed by atoms with Gasteiger partial charge in [-0.05, 0) is 43.2 Å². The fraction of sp³-hybridized carbons (Fsp3) is 0.118. The number of nitrogens with one attached hydrogen (secondary N) is 2. The molecule has 0 unspecified atom stereocenters. The molecule has 122 valence electrons. The molecular formula is C17H15Cl2N5. The van der Waals surface area contributed by atoms with Crippen LogP contribution in [-0.2, 0) is 0 Å². The van der Waals surface area contributed by atoms with E-state index < -0.39 is 0 Å². The van der Waals surface area contributed by atoms with Crippen LogP contribution in [0, 0.1) is 13.8 Å². The van der Waals surface area contributed by atoms with Crippen molar-refractivity contribution >= 4 is 46.3 Å². The molecule has 0 saturated heterocycles. The van der Waals surface area contributed by atoms with Crippen molar-refractivity contribution in [3.05, 3.63) is 63.8 Å². The number of hydrogen-bond acceptors (Lipinski definition) is 5. The number of aromatic nitrogens is 3.